The third-order valence-corrected chi connectivity index (χ3v) is 3.12. The molecule has 0 amide bonds. The molecule has 1 fully saturated rings. The number of carbonyl (C=O) groups is 1. The first kappa shape index (κ1) is 15.0. The summed E-state index contributed by atoms with van der Waals surface area (Å²) < 4.78 is 16.1. The smallest absolute Gasteiger partial charge is 0.335 e. The van der Waals surface area contributed by atoms with Gasteiger partial charge in [0.05, 0.1) is 13.2 Å². The third-order valence-electron chi connectivity index (χ3n) is 3.12. The van der Waals surface area contributed by atoms with Gasteiger partial charge in [-0.25, -0.2) is 4.79 Å². The maximum atomic E-state index is 10.7. The summed E-state index contributed by atoms with van der Waals surface area (Å²) >= 11 is 0. The molecule has 1 aromatic rings. The minimum atomic E-state index is -0.960. The van der Waals surface area contributed by atoms with Gasteiger partial charge < -0.3 is 19.3 Å². The highest BCUT2D eigenvalue weighted by Crippen LogP contribution is 2.17. The van der Waals surface area contributed by atoms with Gasteiger partial charge in [0.15, 0.2) is 12.4 Å². The summed E-state index contributed by atoms with van der Waals surface area (Å²) in [5.41, 5.74) is 1.17. The van der Waals surface area contributed by atoms with Gasteiger partial charge in [0.25, 0.3) is 0 Å². The highest BCUT2D eigenvalue weighted by atomic mass is 16.7. The molecule has 1 aliphatic heterocycles. The minimum absolute atomic E-state index is 0.143. The van der Waals surface area contributed by atoms with Crippen LogP contribution < -0.4 is 0 Å². The first-order valence-electron chi connectivity index (χ1n) is 6.87. The van der Waals surface area contributed by atoms with Crippen molar-refractivity contribution in [2.75, 3.05) is 13.2 Å². The van der Waals surface area contributed by atoms with Gasteiger partial charge in [-0.15, -0.1) is 0 Å². The first-order valence-corrected chi connectivity index (χ1v) is 6.87. The van der Waals surface area contributed by atoms with Crippen molar-refractivity contribution in [3.63, 3.8) is 0 Å². The van der Waals surface area contributed by atoms with E-state index in [1.165, 1.54) is 5.56 Å². The first-order chi connectivity index (χ1) is 9.75. The van der Waals surface area contributed by atoms with E-state index >= 15 is 0 Å². The number of carboxylic acids is 1. The van der Waals surface area contributed by atoms with E-state index in [9.17, 15) is 4.79 Å². The normalized spacial score (nSPS) is 22.0. The molecule has 20 heavy (non-hydrogen) atoms. The van der Waals surface area contributed by atoms with Crippen molar-refractivity contribution in [2.24, 2.45) is 0 Å². The molecule has 0 aromatic heterocycles. The van der Waals surface area contributed by atoms with E-state index in [-0.39, 0.29) is 12.9 Å². The van der Waals surface area contributed by atoms with E-state index < -0.39 is 12.1 Å². The summed E-state index contributed by atoms with van der Waals surface area (Å²) in [6.45, 7) is 1.45. The second-order valence-corrected chi connectivity index (χ2v) is 4.76. The van der Waals surface area contributed by atoms with Crippen molar-refractivity contribution < 1.29 is 24.1 Å². The van der Waals surface area contributed by atoms with Gasteiger partial charge in [0, 0.05) is 6.61 Å². The second kappa shape index (κ2) is 7.99. The molecule has 1 aromatic carbocycles. The molecule has 0 spiro atoms. The van der Waals surface area contributed by atoms with Gasteiger partial charge >= 0.3 is 5.97 Å². The monoisotopic (exact) mass is 280 g/mol. The molecule has 0 radical (unpaired) electrons. The van der Waals surface area contributed by atoms with Crippen LogP contribution in [0.15, 0.2) is 30.3 Å². The predicted octanol–water partition coefficient (Wildman–Crippen LogP) is 2.20. The second-order valence-electron chi connectivity index (χ2n) is 4.76. The fourth-order valence-corrected chi connectivity index (χ4v) is 2.02. The highest BCUT2D eigenvalue weighted by Gasteiger charge is 2.30. The Balaban J connectivity index is 1.49. The topological polar surface area (TPSA) is 65.0 Å². The number of carboxylic acid groups (broad SMARTS) is 1. The van der Waals surface area contributed by atoms with Crippen LogP contribution in [0.25, 0.3) is 0 Å². The summed E-state index contributed by atoms with van der Waals surface area (Å²) in [6.07, 6.45) is 1.32. The zero-order valence-corrected chi connectivity index (χ0v) is 11.4. The average molecular weight is 280 g/mol. The van der Waals surface area contributed by atoms with Crippen LogP contribution in [0.3, 0.4) is 0 Å². The Morgan fingerprint density at radius 3 is 2.80 bits per heavy atom. The molecule has 2 rings (SSSR count). The lowest BCUT2D eigenvalue weighted by atomic mass is 10.2. The summed E-state index contributed by atoms with van der Waals surface area (Å²) in [5.74, 6) is -0.960. The van der Waals surface area contributed by atoms with Crippen LogP contribution in [-0.2, 0) is 25.6 Å². The Morgan fingerprint density at radius 2 is 2.10 bits per heavy atom. The molecular weight excluding hydrogens is 260 g/mol. The molecule has 0 saturated carbocycles. The van der Waals surface area contributed by atoms with Crippen LogP contribution in [0.5, 0.6) is 0 Å². The number of hydrogen-bond acceptors (Lipinski definition) is 4. The Labute approximate surface area is 118 Å². The molecule has 0 aliphatic carbocycles. The fraction of sp³-hybridized carbons (Fsp3) is 0.533. The quantitative estimate of drug-likeness (QED) is 0.739. The maximum absolute atomic E-state index is 10.7. The van der Waals surface area contributed by atoms with Crippen LogP contribution in [-0.4, -0.2) is 36.7 Å². The van der Waals surface area contributed by atoms with Crippen molar-refractivity contribution in [2.45, 2.75) is 38.3 Å². The molecule has 1 saturated heterocycles. The molecule has 1 unspecified atom stereocenters. The Hall–Kier alpha value is -1.43. The van der Waals surface area contributed by atoms with Crippen molar-refractivity contribution in [3.05, 3.63) is 35.9 Å². The lowest BCUT2D eigenvalue weighted by Crippen LogP contribution is -2.22. The summed E-state index contributed by atoms with van der Waals surface area (Å²) in [5, 5.41) is 8.76. The maximum Gasteiger partial charge on any atom is 0.335 e. The molecule has 1 N–H and O–H groups in total. The van der Waals surface area contributed by atoms with E-state index in [4.69, 9.17) is 19.3 Å². The van der Waals surface area contributed by atoms with Gasteiger partial charge in [-0.3, -0.25) is 0 Å². The molecule has 0 bridgehead atoms. The molecule has 1 heterocycles. The van der Waals surface area contributed by atoms with Gasteiger partial charge in [0.2, 0.25) is 0 Å². The molecule has 5 heteroatoms. The number of hydrogen-bond donors (Lipinski definition) is 1. The molecule has 1 aliphatic rings. The average Bonchev–Trinajstić information content (AvgIpc) is 2.93. The molecule has 5 nitrogen and oxygen atoms in total. The lowest BCUT2D eigenvalue weighted by molar-refractivity contribution is -0.150. The Bertz CT molecular complexity index is 406. The largest absolute Gasteiger partial charge is 0.479 e. The molecule has 110 valence electrons. The molecule has 2 atom stereocenters. The zero-order valence-electron chi connectivity index (χ0n) is 11.4. The van der Waals surface area contributed by atoms with Gasteiger partial charge in [0.1, 0.15) is 0 Å². The van der Waals surface area contributed by atoms with Gasteiger partial charge in [-0.2, -0.15) is 0 Å². The van der Waals surface area contributed by atoms with E-state index in [2.05, 4.69) is 0 Å². The van der Waals surface area contributed by atoms with Crippen molar-refractivity contribution >= 4 is 5.97 Å². The van der Waals surface area contributed by atoms with E-state index in [1.807, 2.05) is 30.3 Å². The van der Waals surface area contributed by atoms with E-state index in [1.54, 1.807) is 0 Å². The number of ether oxygens (including phenoxy) is 3. The fourth-order valence-electron chi connectivity index (χ4n) is 2.02. The summed E-state index contributed by atoms with van der Waals surface area (Å²) in [4.78, 5) is 10.7. The zero-order chi connectivity index (χ0) is 14.2. The van der Waals surface area contributed by atoms with Crippen LogP contribution in [0.4, 0.5) is 0 Å². The third kappa shape index (κ3) is 4.92. The molecular formula is C15H20O5. The lowest BCUT2D eigenvalue weighted by Gasteiger charge is -2.09. The Kier molecular flexibility index (Phi) is 5.98. The number of benzene rings is 1. The van der Waals surface area contributed by atoms with E-state index in [0.29, 0.717) is 19.6 Å². The van der Waals surface area contributed by atoms with E-state index in [0.717, 1.165) is 12.8 Å². The summed E-state index contributed by atoms with van der Waals surface area (Å²) in [7, 11) is 0. The Morgan fingerprint density at radius 1 is 1.30 bits per heavy atom. The number of aliphatic carboxylic acids is 1. The van der Waals surface area contributed by atoms with Gasteiger partial charge in [-0.1, -0.05) is 30.3 Å². The van der Waals surface area contributed by atoms with Crippen molar-refractivity contribution in [1.29, 1.82) is 0 Å². The highest BCUT2D eigenvalue weighted by molar-refractivity contribution is 5.72. The van der Waals surface area contributed by atoms with Crippen LogP contribution in [0.1, 0.15) is 24.8 Å². The standard InChI is InChI=1S/C15H20O5/c16-15(17)13-11-19-14(20-13)8-4-5-9-18-10-12-6-2-1-3-7-12/h1-3,6-7,13-14H,4-5,8-11H2,(H,16,17)/t13-,14?/m0/s1. The van der Waals surface area contributed by atoms with Gasteiger partial charge in [-0.05, 0) is 24.8 Å². The van der Waals surface area contributed by atoms with Crippen molar-refractivity contribution in [3.8, 4) is 0 Å². The van der Waals surface area contributed by atoms with Crippen LogP contribution >= 0.6 is 0 Å². The van der Waals surface area contributed by atoms with Crippen molar-refractivity contribution in [1.82, 2.24) is 0 Å². The number of unbranched alkanes of at least 4 members (excludes halogenated alkanes) is 1. The predicted molar refractivity (Wildman–Crippen MR) is 72.2 cm³/mol. The van der Waals surface area contributed by atoms with Crippen LogP contribution in [0.2, 0.25) is 0 Å². The van der Waals surface area contributed by atoms with Crippen LogP contribution in [0, 0.1) is 0 Å². The SMILES string of the molecule is O=C(O)[C@@H]1COC(CCCCOCc2ccccc2)O1. The number of rotatable bonds is 8. The summed E-state index contributed by atoms with van der Waals surface area (Å²) in [6, 6.07) is 10.0. The minimum Gasteiger partial charge on any atom is -0.479 e.